The average molecular weight is 517 g/mol. The highest BCUT2D eigenvalue weighted by Crippen LogP contribution is 2.17. The van der Waals surface area contributed by atoms with Crippen molar-refractivity contribution in [3.8, 4) is 11.5 Å². The van der Waals surface area contributed by atoms with Gasteiger partial charge in [-0.15, -0.1) is 0 Å². The Labute approximate surface area is 230 Å². The molecule has 0 fully saturated rings. The molecule has 4 heteroatoms. The highest BCUT2D eigenvalue weighted by molar-refractivity contribution is 5.98. The van der Waals surface area contributed by atoms with Gasteiger partial charge in [0, 0.05) is 24.0 Å². The Bertz CT molecular complexity index is 974. The van der Waals surface area contributed by atoms with Crippen LogP contribution in [0, 0.1) is 0 Å². The molecule has 0 heterocycles. The zero-order chi connectivity index (χ0) is 28.8. The number of ketones is 2. The van der Waals surface area contributed by atoms with Crippen molar-refractivity contribution in [3.05, 3.63) is 120 Å². The summed E-state index contributed by atoms with van der Waals surface area (Å²) in [5, 5.41) is 0. The van der Waals surface area contributed by atoms with Crippen molar-refractivity contribution in [2.24, 2.45) is 0 Å². The molecule has 3 rings (SSSR count). The maximum Gasteiger partial charge on any atom is 0.167 e. The molecule has 204 valence electrons. The number of carbonyl (C=O) groups is 2. The summed E-state index contributed by atoms with van der Waals surface area (Å²) in [6, 6.07) is 21.8. The number of rotatable bonds is 12. The van der Waals surface area contributed by atoms with Crippen LogP contribution in [0.15, 0.2) is 98.1 Å². The second-order valence-corrected chi connectivity index (χ2v) is 7.26. The lowest BCUT2D eigenvalue weighted by molar-refractivity contribution is 0.0984. The molecular weight excluding hydrogens is 472 g/mol. The third-order valence-corrected chi connectivity index (χ3v) is 4.84. The normalized spacial score (nSPS) is 9.11. The van der Waals surface area contributed by atoms with Gasteiger partial charge in [0.25, 0.3) is 0 Å². The van der Waals surface area contributed by atoms with Gasteiger partial charge in [0.05, 0.1) is 0 Å². The maximum absolute atomic E-state index is 12.6. The van der Waals surface area contributed by atoms with E-state index in [-0.39, 0.29) is 11.6 Å². The molecule has 0 atom stereocenters. The maximum atomic E-state index is 12.6. The van der Waals surface area contributed by atoms with Crippen molar-refractivity contribution in [3.63, 3.8) is 0 Å². The summed E-state index contributed by atoms with van der Waals surface area (Å²) in [6.45, 7) is 20.1. The molecule has 0 aromatic heterocycles. The van der Waals surface area contributed by atoms with Crippen LogP contribution < -0.4 is 9.47 Å². The van der Waals surface area contributed by atoms with E-state index in [4.69, 9.17) is 9.47 Å². The fourth-order valence-corrected chi connectivity index (χ4v) is 3.13. The van der Waals surface area contributed by atoms with Crippen molar-refractivity contribution in [2.75, 3.05) is 13.2 Å². The molecule has 0 aliphatic rings. The van der Waals surface area contributed by atoms with Gasteiger partial charge in [0.15, 0.2) is 11.6 Å². The number of Topliss-reactive ketones (excluding diaryl/α,β-unsaturated/α-hetero) is 2. The summed E-state index contributed by atoms with van der Waals surface area (Å²) in [7, 11) is 0. The first kappa shape index (κ1) is 34.1. The van der Waals surface area contributed by atoms with Crippen molar-refractivity contribution in [1.29, 1.82) is 0 Å². The molecule has 3 aromatic rings. The van der Waals surface area contributed by atoms with Crippen molar-refractivity contribution >= 4 is 11.6 Å². The van der Waals surface area contributed by atoms with E-state index < -0.39 is 0 Å². The first-order valence-corrected chi connectivity index (χ1v) is 13.4. The Morgan fingerprint density at radius 2 is 0.842 bits per heavy atom. The Hall–Kier alpha value is -3.92. The number of benzene rings is 3. The summed E-state index contributed by atoms with van der Waals surface area (Å²) in [6.07, 6.45) is 3.94. The van der Waals surface area contributed by atoms with Gasteiger partial charge in [-0.1, -0.05) is 91.1 Å². The van der Waals surface area contributed by atoms with E-state index in [0.717, 1.165) is 11.1 Å². The van der Waals surface area contributed by atoms with E-state index in [1.165, 1.54) is 0 Å². The summed E-state index contributed by atoms with van der Waals surface area (Å²) < 4.78 is 10.9. The van der Waals surface area contributed by atoms with Crippen LogP contribution in [-0.4, -0.2) is 24.8 Å². The van der Waals surface area contributed by atoms with E-state index in [2.05, 4.69) is 13.2 Å². The Kier molecular flexibility index (Phi) is 19.0. The third kappa shape index (κ3) is 12.4. The van der Waals surface area contributed by atoms with E-state index in [0.29, 0.717) is 48.7 Å². The van der Waals surface area contributed by atoms with Crippen LogP contribution >= 0.6 is 0 Å². The molecule has 0 bridgehead atoms. The van der Waals surface area contributed by atoms with Crippen LogP contribution in [0.3, 0.4) is 0 Å². The molecular formula is C34H44O4. The minimum Gasteiger partial charge on any atom is -0.490 e. The fourth-order valence-electron chi connectivity index (χ4n) is 3.13. The molecule has 3 aromatic carbocycles. The van der Waals surface area contributed by atoms with Gasteiger partial charge in [0.1, 0.15) is 24.7 Å². The van der Waals surface area contributed by atoms with Crippen LogP contribution in [0.4, 0.5) is 0 Å². The zero-order valence-corrected chi connectivity index (χ0v) is 24.0. The molecule has 0 radical (unpaired) electrons. The largest absolute Gasteiger partial charge is 0.490 e. The molecule has 4 nitrogen and oxygen atoms in total. The van der Waals surface area contributed by atoms with Gasteiger partial charge >= 0.3 is 0 Å². The fraction of sp³-hybridized carbons (Fsp3) is 0.294. The molecule has 0 amide bonds. The molecule has 38 heavy (non-hydrogen) atoms. The predicted molar refractivity (Wildman–Crippen MR) is 161 cm³/mol. The van der Waals surface area contributed by atoms with Crippen LogP contribution in [0.5, 0.6) is 11.5 Å². The van der Waals surface area contributed by atoms with Gasteiger partial charge < -0.3 is 9.47 Å². The van der Waals surface area contributed by atoms with Crippen molar-refractivity contribution in [2.45, 2.75) is 54.4 Å². The SMILES string of the molecule is C=CCOc1ccc(C(=O)Cc2ccc(CC(=O)c3ccc(OCC=C)cc3)cc2)cc1.CC.CC.CC. The minimum atomic E-state index is 0.0304. The molecule has 0 aliphatic carbocycles. The van der Waals surface area contributed by atoms with Crippen molar-refractivity contribution in [1.82, 2.24) is 0 Å². The monoisotopic (exact) mass is 516 g/mol. The van der Waals surface area contributed by atoms with Crippen LogP contribution in [-0.2, 0) is 12.8 Å². The summed E-state index contributed by atoms with van der Waals surface area (Å²) in [5.41, 5.74) is 3.08. The highest BCUT2D eigenvalue weighted by Gasteiger charge is 2.10. The minimum absolute atomic E-state index is 0.0304. The number of hydrogen-bond acceptors (Lipinski definition) is 4. The Morgan fingerprint density at radius 1 is 0.553 bits per heavy atom. The van der Waals surface area contributed by atoms with Crippen LogP contribution in [0.1, 0.15) is 73.4 Å². The highest BCUT2D eigenvalue weighted by atomic mass is 16.5. The topological polar surface area (TPSA) is 52.6 Å². The lowest BCUT2D eigenvalue weighted by Crippen LogP contribution is -2.05. The van der Waals surface area contributed by atoms with E-state index in [9.17, 15) is 9.59 Å². The van der Waals surface area contributed by atoms with E-state index >= 15 is 0 Å². The molecule has 0 aliphatic heterocycles. The standard InChI is InChI=1S/C28H26O4.3C2H6/c1-3-17-31-25-13-9-23(10-14-25)27(29)19-21-5-7-22(8-6-21)20-28(30)24-11-15-26(16-12-24)32-18-4-2;3*1-2/h3-16H,1-2,17-20H2;3*1-2H3. The number of hydrogen-bond donors (Lipinski definition) is 0. The average Bonchev–Trinajstić information content (AvgIpc) is 2.99. The summed E-state index contributed by atoms with van der Waals surface area (Å²) >= 11 is 0. The Morgan fingerprint density at radius 3 is 1.11 bits per heavy atom. The smallest absolute Gasteiger partial charge is 0.167 e. The van der Waals surface area contributed by atoms with E-state index in [1.807, 2.05) is 65.8 Å². The first-order valence-electron chi connectivity index (χ1n) is 13.4. The molecule has 0 saturated carbocycles. The lowest BCUT2D eigenvalue weighted by atomic mass is 9.99. The molecule has 0 unspecified atom stereocenters. The van der Waals surface area contributed by atoms with Crippen LogP contribution in [0.2, 0.25) is 0 Å². The molecule has 0 N–H and O–H groups in total. The van der Waals surface area contributed by atoms with Gasteiger partial charge in [0.2, 0.25) is 0 Å². The summed E-state index contributed by atoms with van der Waals surface area (Å²) in [4.78, 5) is 25.1. The number of ether oxygens (including phenoxy) is 2. The first-order chi connectivity index (χ1) is 18.6. The molecule has 0 saturated heterocycles. The predicted octanol–water partition coefficient (Wildman–Crippen LogP) is 8.75. The molecule has 0 spiro atoms. The second-order valence-electron chi connectivity index (χ2n) is 7.26. The van der Waals surface area contributed by atoms with Gasteiger partial charge in [-0.25, -0.2) is 0 Å². The third-order valence-electron chi connectivity index (χ3n) is 4.84. The van der Waals surface area contributed by atoms with Gasteiger partial charge in [-0.3, -0.25) is 9.59 Å². The Balaban J connectivity index is 0.00000213. The van der Waals surface area contributed by atoms with Gasteiger partial charge in [-0.2, -0.15) is 0 Å². The lowest BCUT2D eigenvalue weighted by Gasteiger charge is -2.07. The second kappa shape index (κ2) is 21.2. The quantitative estimate of drug-likeness (QED) is 0.178. The van der Waals surface area contributed by atoms with Crippen molar-refractivity contribution < 1.29 is 19.1 Å². The van der Waals surface area contributed by atoms with Crippen LogP contribution in [0.25, 0.3) is 0 Å². The van der Waals surface area contributed by atoms with Gasteiger partial charge in [-0.05, 0) is 59.7 Å². The summed E-state index contributed by atoms with van der Waals surface area (Å²) in [5.74, 6) is 1.47. The van der Waals surface area contributed by atoms with E-state index in [1.54, 1.807) is 60.7 Å². The number of carbonyl (C=O) groups excluding carboxylic acids is 2. The zero-order valence-electron chi connectivity index (χ0n) is 24.0.